The number of rotatable bonds is 7. The van der Waals surface area contributed by atoms with Crippen LogP contribution in [0.15, 0.2) is 42.5 Å². The topological polar surface area (TPSA) is 30.5 Å². The maximum atomic E-state index is 6.27. The van der Waals surface area contributed by atoms with Gasteiger partial charge in [0.1, 0.15) is 17.2 Å². The van der Waals surface area contributed by atoms with Gasteiger partial charge in [-0.15, -0.1) is 0 Å². The zero-order valence-electron chi connectivity index (χ0n) is 12.4. The van der Waals surface area contributed by atoms with Gasteiger partial charge in [-0.1, -0.05) is 30.7 Å². The number of ether oxygens (including phenoxy) is 2. The fourth-order valence-electron chi connectivity index (χ4n) is 1.92. The van der Waals surface area contributed by atoms with Crippen molar-refractivity contribution in [1.82, 2.24) is 5.32 Å². The third-order valence-corrected chi connectivity index (χ3v) is 3.29. The van der Waals surface area contributed by atoms with Crippen LogP contribution in [0.5, 0.6) is 17.2 Å². The van der Waals surface area contributed by atoms with Crippen LogP contribution < -0.4 is 14.8 Å². The minimum Gasteiger partial charge on any atom is -0.494 e. The second kappa shape index (κ2) is 7.91. The van der Waals surface area contributed by atoms with E-state index in [1.165, 1.54) is 0 Å². The van der Waals surface area contributed by atoms with Gasteiger partial charge < -0.3 is 14.8 Å². The van der Waals surface area contributed by atoms with Crippen molar-refractivity contribution in [2.75, 3.05) is 13.2 Å². The Balaban J connectivity index is 2.09. The van der Waals surface area contributed by atoms with Crippen LogP contribution in [0.3, 0.4) is 0 Å². The molecule has 0 saturated carbocycles. The summed E-state index contributed by atoms with van der Waals surface area (Å²) in [6.45, 7) is 6.33. The Morgan fingerprint density at radius 2 is 1.76 bits per heavy atom. The second-order valence-electron chi connectivity index (χ2n) is 4.54. The smallest absolute Gasteiger partial charge is 0.131 e. The van der Waals surface area contributed by atoms with Gasteiger partial charge in [-0.3, -0.25) is 0 Å². The molecule has 0 aliphatic carbocycles. The van der Waals surface area contributed by atoms with Crippen molar-refractivity contribution in [3.63, 3.8) is 0 Å². The highest BCUT2D eigenvalue weighted by molar-refractivity contribution is 6.31. The molecule has 0 spiro atoms. The molecule has 0 saturated heterocycles. The van der Waals surface area contributed by atoms with Crippen LogP contribution in [0.1, 0.15) is 19.4 Å². The highest BCUT2D eigenvalue weighted by Crippen LogP contribution is 2.28. The Labute approximate surface area is 130 Å². The number of benzene rings is 2. The Morgan fingerprint density at radius 3 is 2.48 bits per heavy atom. The highest BCUT2D eigenvalue weighted by Gasteiger charge is 2.04. The van der Waals surface area contributed by atoms with Gasteiger partial charge in [0.25, 0.3) is 0 Å². The monoisotopic (exact) mass is 305 g/mol. The summed E-state index contributed by atoms with van der Waals surface area (Å²) in [6, 6.07) is 13.3. The van der Waals surface area contributed by atoms with Crippen molar-refractivity contribution in [2.24, 2.45) is 0 Å². The summed E-state index contributed by atoms with van der Waals surface area (Å²) in [7, 11) is 0. The van der Waals surface area contributed by atoms with Crippen LogP contribution in [-0.2, 0) is 6.54 Å². The zero-order chi connectivity index (χ0) is 15.1. The number of hydrogen-bond acceptors (Lipinski definition) is 3. The second-order valence-corrected chi connectivity index (χ2v) is 4.95. The van der Waals surface area contributed by atoms with E-state index in [4.69, 9.17) is 21.1 Å². The molecule has 0 unspecified atom stereocenters. The first-order valence-electron chi connectivity index (χ1n) is 7.12. The van der Waals surface area contributed by atoms with Gasteiger partial charge in [-0.2, -0.15) is 0 Å². The highest BCUT2D eigenvalue weighted by atomic mass is 35.5. The Morgan fingerprint density at radius 1 is 1.00 bits per heavy atom. The summed E-state index contributed by atoms with van der Waals surface area (Å²) in [5.74, 6) is 2.25. The van der Waals surface area contributed by atoms with Gasteiger partial charge in [0.05, 0.1) is 6.61 Å². The minimum absolute atomic E-state index is 0.633. The molecule has 0 atom stereocenters. The average molecular weight is 306 g/mol. The average Bonchev–Trinajstić information content (AvgIpc) is 2.47. The largest absolute Gasteiger partial charge is 0.494 e. The Hall–Kier alpha value is -1.71. The summed E-state index contributed by atoms with van der Waals surface area (Å²) in [6.07, 6.45) is 0. The van der Waals surface area contributed by atoms with E-state index in [9.17, 15) is 0 Å². The van der Waals surface area contributed by atoms with Crippen molar-refractivity contribution < 1.29 is 9.47 Å². The van der Waals surface area contributed by atoms with Gasteiger partial charge in [0, 0.05) is 17.6 Å². The first-order chi connectivity index (χ1) is 10.2. The van der Waals surface area contributed by atoms with Crippen LogP contribution in [-0.4, -0.2) is 13.2 Å². The van der Waals surface area contributed by atoms with Crippen LogP contribution in [0.25, 0.3) is 0 Å². The normalized spacial score (nSPS) is 10.4. The quantitative estimate of drug-likeness (QED) is 0.808. The molecule has 0 aliphatic rings. The van der Waals surface area contributed by atoms with Gasteiger partial charge in [-0.05, 0) is 43.3 Å². The third kappa shape index (κ3) is 4.66. The number of hydrogen-bond donors (Lipinski definition) is 1. The zero-order valence-corrected chi connectivity index (χ0v) is 13.1. The lowest BCUT2D eigenvalue weighted by Gasteiger charge is -2.10. The van der Waals surface area contributed by atoms with E-state index >= 15 is 0 Å². The summed E-state index contributed by atoms with van der Waals surface area (Å²) in [5, 5.41) is 3.96. The van der Waals surface area contributed by atoms with Crippen molar-refractivity contribution in [3.8, 4) is 17.2 Å². The lowest BCUT2D eigenvalue weighted by Crippen LogP contribution is -2.11. The minimum atomic E-state index is 0.633. The molecule has 0 aromatic heterocycles. The first-order valence-corrected chi connectivity index (χ1v) is 7.50. The first kappa shape index (κ1) is 15.7. The van der Waals surface area contributed by atoms with E-state index in [0.717, 1.165) is 30.2 Å². The standard InChI is InChI=1S/C17H20ClNO2/c1-3-19-12-13-8-9-16(11-17(13)18)21-15-7-5-6-14(10-15)20-4-2/h5-11,19H,3-4,12H2,1-2H3. The number of halogens is 1. The Kier molecular flexibility index (Phi) is 5.90. The molecular formula is C17H20ClNO2. The molecule has 0 fully saturated rings. The summed E-state index contributed by atoms with van der Waals surface area (Å²) >= 11 is 6.27. The summed E-state index contributed by atoms with van der Waals surface area (Å²) < 4.78 is 11.3. The van der Waals surface area contributed by atoms with Crippen LogP contribution in [0.2, 0.25) is 5.02 Å². The molecule has 4 heteroatoms. The fourth-order valence-corrected chi connectivity index (χ4v) is 2.16. The molecule has 3 nitrogen and oxygen atoms in total. The lowest BCUT2D eigenvalue weighted by molar-refractivity contribution is 0.338. The molecule has 0 amide bonds. The molecule has 21 heavy (non-hydrogen) atoms. The molecule has 0 heterocycles. The van der Waals surface area contributed by atoms with Gasteiger partial charge in [-0.25, -0.2) is 0 Å². The van der Waals surface area contributed by atoms with Crippen LogP contribution in [0, 0.1) is 0 Å². The summed E-state index contributed by atoms with van der Waals surface area (Å²) in [5.41, 5.74) is 1.06. The van der Waals surface area contributed by atoms with Crippen molar-refractivity contribution in [2.45, 2.75) is 20.4 Å². The lowest BCUT2D eigenvalue weighted by atomic mass is 10.2. The summed E-state index contributed by atoms with van der Waals surface area (Å²) in [4.78, 5) is 0. The van der Waals surface area contributed by atoms with E-state index in [1.54, 1.807) is 0 Å². The molecule has 1 N–H and O–H groups in total. The molecule has 0 bridgehead atoms. The maximum absolute atomic E-state index is 6.27. The van der Waals surface area contributed by atoms with Crippen molar-refractivity contribution in [1.29, 1.82) is 0 Å². The third-order valence-electron chi connectivity index (χ3n) is 2.94. The predicted molar refractivity (Wildman–Crippen MR) is 86.5 cm³/mol. The van der Waals surface area contributed by atoms with Crippen LogP contribution in [0.4, 0.5) is 0 Å². The van der Waals surface area contributed by atoms with E-state index in [0.29, 0.717) is 17.4 Å². The maximum Gasteiger partial charge on any atom is 0.131 e. The SMILES string of the molecule is CCNCc1ccc(Oc2cccc(OCC)c2)cc1Cl. The molecule has 2 rings (SSSR count). The van der Waals surface area contributed by atoms with E-state index in [1.807, 2.05) is 49.4 Å². The van der Waals surface area contributed by atoms with Gasteiger partial charge in [0.15, 0.2) is 0 Å². The van der Waals surface area contributed by atoms with E-state index < -0.39 is 0 Å². The molecule has 112 valence electrons. The predicted octanol–water partition coefficient (Wildman–Crippen LogP) is 4.64. The van der Waals surface area contributed by atoms with Gasteiger partial charge >= 0.3 is 0 Å². The van der Waals surface area contributed by atoms with Crippen LogP contribution >= 0.6 is 11.6 Å². The molecule has 0 aliphatic heterocycles. The van der Waals surface area contributed by atoms with Crippen molar-refractivity contribution >= 4 is 11.6 Å². The van der Waals surface area contributed by atoms with Crippen molar-refractivity contribution in [3.05, 3.63) is 53.1 Å². The molecular weight excluding hydrogens is 286 g/mol. The van der Waals surface area contributed by atoms with E-state index in [-0.39, 0.29) is 0 Å². The molecule has 2 aromatic rings. The molecule has 2 aromatic carbocycles. The molecule has 0 radical (unpaired) electrons. The number of nitrogens with one attached hydrogen (secondary N) is 1. The van der Waals surface area contributed by atoms with E-state index in [2.05, 4.69) is 12.2 Å². The Bertz CT molecular complexity index is 587. The van der Waals surface area contributed by atoms with Gasteiger partial charge in [0.2, 0.25) is 0 Å². The fraction of sp³-hybridized carbons (Fsp3) is 0.294.